The number of nitriles is 1. The number of hydrogen-bond acceptors (Lipinski definition) is 4. The van der Waals surface area contributed by atoms with Crippen LogP contribution in [0.25, 0.3) is 10.9 Å². The summed E-state index contributed by atoms with van der Waals surface area (Å²) in [5.41, 5.74) is 1.56. The number of anilines is 1. The van der Waals surface area contributed by atoms with Crippen LogP contribution in [0.2, 0.25) is 0 Å². The Morgan fingerprint density at radius 3 is 3.10 bits per heavy atom. The monoisotopic (exact) mass is 267 g/mol. The number of ether oxygens (including phenoxy) is 1. The van der Waals surface area contributed by atoms with Gasteiger partial charge in [0.15, 0.2) is 0 Å². The zero-order valence-electron chi connectivity index (χ0n) is 11.5. The predicted molar refractivity (Wildman–Crippen MR) is 78.7 cm³/mol. The Bertz CT molecular complexity index is 662. The van der Waals surface area contributed by atoms with Crippen LogP contribution in [0.1, 0.15) is 18.9 Å². The summed E-state index contributed by atoms with van der Waals surface area (Å²) < 4.78 is 5.53. The van der Waals surface area contributed by atoms with Crippen molar-refractivity contribution in [2.45, 2.75) is 19.4 Å². The minimum atomic E-state index is 0.337. The normalized spacial score (nSPS) is 19.0. The molecule has 4 nitrogen and oxygen atoms in total. The number of pyridine rings is 1. The first-order valence-corrected chi connectivity index (χ1v) is 6.97. The third-order valence-corrected chi connectivity index (χ3v) is 3.82. The van der Waals surface area contributed by atoms with Gasteiger partial charge in [-0.05, 0) is 18.6 Å². The van der Waals surface area contributed by atoms with Crippen LogP contribution < -0.4 is 4.90 Å². The topological polar surface area (TPSA) is 49.1 Å². The number of para-hydroxylation sites is 1. The second-order valence-corrected chi connectivity index (χ2v) is 4.99. The van der Waals surface area contributed by atoms with E-state index in [2.05, 4.69) is 17.9 Å². The molecule has 0 amide bonds. The van der Waals surface area contributed by atoms with Gasteiger partial charge in [0.05, 0.1) is 36.4 Å². The lowest BCUT2D eigenvalue weighted by atomic mass is 10.1. The highest BCUT2D eigenvalue weighted by Crippen LogP contribution is 2.25. The molecule has 0 radical (unpaired) electrons. The van der Waals surface area contributed by atoms with Crippen molar-refractivity contribution in [3.63, 3.8) is 0 Å². The molecule has 1 aliphatic rings. The highest BCUT2D eigenvalue weighted by molar-refractivity contribution is 5.86. The molecule has 1 atom stereocenters. The molecule has 1 aromatic heterocycles. The molecular formula is C16H17N3O. The number of rotatable bonds is 2. The summed E-state index contributed by atoms with van der Waals surface area (Å²) in [6, 6.07) is 12.3. The van der Waals surface area contributed by atoms with Crippen molar-refractivity contribution in [1.82, 2.24) is 4.98 Å². The van der Waals surface area contributed by atoms with Gasteiger partial charge in [0.25, 0.3) is 0 Å². The first kappa shape index (κ1) is 12.9. The summed E-state index contributed by atoms with van der Waals surface area (Å²) in [5, 5.41) is 10.3. The molecule has 1 unspecified atom stereocenters. The molecule has 3 rings (SSSR count). The van der Waals surface area contributed by atoms with E-state index in [9.17, 15) is 5.26 Å². The van der Waals surface area contributed by atoms with Gasteiger partial charge in [0.1, 0.15) is 5.82 Å². The van der Waals surface area contributed by atoms with Gasteiger partial charge >= 0.3 is 0 Å². The summed E-state index contributed by atoms with van der Waals surface area (Å²) in [5.74, 6) is 0.885. The largest absolute Gasteiger partial charge is 0.377 e. The maximum Gasteiger partial charge on any atom is 0.130 e. The summed E-state index contributed by atoms with van der Waals surface area (Å²) in [6.07, 6.45) is 1.01. The molecular weight excluding hydrogens is 250 g/mol. The molecule has 0 N–H and O–H groups in total. The van der Waals surface area contributed by atoms with Crippen molar-refractivity contribution < 1.29 is 4.74 Å². The molecule has 0 saturated carbocycles. The number of hydrogen-bond donors (Lipinski definition) is 0. The number of nitrogens with zero attached hydrogens (tertiary/aromatic N) is 3. The van der Waals surface area contributed by atoms with E-state index in [0.717, 1.165) is 36.3 Å². The van der Waals surface area contributed by atoms with Crippen molar-refractivity contribution in [3.05, 3.63) is 35.9 Å². The van der Waals surface area contributed by atoms with Gasteiger partial charge in [0, 0.05) is 11.9 Å². The van der Waals surface area contributed by atoms with E-state index >= 15 is 0 Å². The third-order valence-electron chi connectivity index (χ3n) is 3.82. The molecule has 102 valence electrons. The fourth-order valence-electron chi connectivity index (χ4n) is 2.70. The van der Waals surface area contributed by atoms with E-state index in [1.165, 1.54) is 0 Å². The molecule has 4 heteroatoms. The van der Waals surface area contributed by atoms with Crippen LogP contribution in [0.15, 0.2) is 30.3 Å². The van der Waals surface area contributed by atoms with Gasteiger partial charge in [-0.25, -0.2) is 4.98 Å². The maximum atomic E-state index is 9.36. The van der Waals surface area contributed by atoms with Crippen LogP contribution in [0.5, 0.6) is 0 Å². The summed E-state index contributed by atoms with van der Waals surface area (Å²) in [6.45, 7) is 4.42. The summed E-state index contributed by atoms with van der Waals surface area (Å²) >= 11 is 0. The van der Waals surface area contributed by atoms with Crippen LogP contribution in [-0.4, -0.2) is 30.8 Å². The molecule has 0 bridgehead atoms. The Hall–Kier alpha value is -2.12. The van der Waals surface area contributed by atoms with E-state index in [0.29, 0.717) is 18.2 Å². The average Bonchev–Trinajstić information content (AvgIpc) is 2.53. The molecule has 1 aliphatic heterocycles. The van der Waals surface area contributed by atoms with E-state index in [1.54, 1.807) is 0 Å². The highest BCUT2D eigenvalue weighted by Gasteiger charge is 2.23. The lowest BCUT2D eigenvalue weighted by Crippen LogP contribution is -2.45. The minimum Gasteiger partial charge on any atom is -0.377 e. The number of morpholine rings is 1. The molecule has 20 heavy (non-hydrogen) atoms. The van der Waals surface area contributed by atoms with Gasteiger partial charge in [-0.1, -0.05) is 25.1 Å². The minimum absolute atomic E-state index is 0.337. The lowest BCUT2D eigenvalue weighted by Gasteiger charge is -2.36. The Balaban J connectivity index is 2.09. The Morgan fingerprint density at radius 1 is 1.45 bits per heavy atom. The zero-order valence-corrected chi connectivity index (χ0v) is 11.5. The van der Waals surface area contributed by atoms with Crippen LogP contribution in [0.3, 0.4) is 0 Å². The molecule has 2 heterocycles. The van der Waals surface area contributed by atoms with Gasteiger partial charge in [-0.2, -0.15) is 5.26 Å². The fraction of sp³-hybridized carbons (Fsp3) is 0.375. The number of fused-ring (bicyclic) bond motifs is 1. The highest BCUT2D eigenvalue weighted by atomic mass is 16.5. The second kappa shape index (κ2) is 5.48. The first-order chi connectivity index (χ1) is 9.83. The molecule has 1 saturated heterocycles. The van der Waals surface area contributed by atoms with E-state index < -0.39 is 0 Å². The van der Waals surface area contributed by atoms with Crippen LogP contribution >= 0.6 is 0 Å². The van der Waals surface area contributed by atoms with E-state index in [-0.39, 0.29) is 0 Å². The zero-order chi connectivity index (χ0) is 13.9. The second-order valence-electron chi connectivity index (χ2n) is 4.99. The van der Waals surface area contributed by atoms with Crippen molar-refractivity contribution in [2.24, 2.45) is 0 Å². The smallest absolute Gasteiger partial charge is 0.130 e. The van der Waals surface area contributed by atoms with Gasteiger partial charge in [0.2, 0.25) is 0 Å². The van der Waals surface area contributed by atoms with Crippen LogP contribution in [0, 0.1) is 11.3 Å². The Kier molecular flexibility index (Phi) is 3.53. The predicted octanol–water partition coefficient (Wildman–Crippen LogP) is 2.72. The van der Waals surface area contributed by atoms with Crippen molar-refractivity contribution in [1.29, 1.82) is 5.26 Å². The molecule has 2 aromatic rings. The molecule has 1 fully saturated rings. The number of benzene rings is 1. The van der Waals surface area contributed by atoms with E-state index in [1.807, 2.05) is 30.3 Å². The number of aromatic nitrogens is 1. The maximum absolute atomic E-state index is 9.36. The van der Waals surface area contributed by atoms with Crippen molar-refractivity contribution in [3.8, 4) is 6.07 Å². The van der Waals surface area contributed by atoms with Crippen molar-refractivity contribution in [2.75, 3.05) is 24.7 Å². The summed E-state index contributed by atoms with van der Waals surface area (Å²) in [7, 11) is 0. The standard InChI is InChI=1S/C16H17N3O/c1-2-13-11-20-8-7-19(13)16-9-12(10-17)14-5-3-4-6-15(14)18-16/h3-6,9,13H,2,7-8,11H2,1H3. The van der Waals surface area contributed by atoms with Crippen LogP contribution in [0.4, 0.5) is 5.82 Å². The molecule has 0 spiro atoms. The Morgan fingerprint density at radius 2 is 2.30 bits per heavy atom. The Labute approximate surface area is 118 Å². The van der Waals surface area contributed by atoms with Gasteiger partial charge in [-0.15, -0.1) is 0 Å². The third kappa shape index (κ3) is 2.21. The molecule has 1 aromatic carbocycles. The first-order valence-electron chi connectivity index (χ1n) is 6.97. The SMILES string of the molecule is CCC1COCCN1c1cc(C#N)c2ccccc2n1. The van der Waals surface area contributed by atoms with Gasteiger partial charge in [-0.3, -0.25) is 0 Å². The van der Waals surface area contributed by atoms with Crippen LogP contribution in [-0.2, 0) is 4.74 Å². The quantitative estimate of drug-likeness (QED) is 0.839. The lowest BCUT2D eigenvalue weighted by molar-refractivity contribution is 0.0926. The summed E-state index contributed by atoms with van der Waals surface area (Å²) in [4.78, 5) is 6.99. The average molecular weight is 267 g/mol. The fourth-order valence-corrected chi connectivity index (χ4v) is 2.70. The van der Waals surface area contributed by atoms with E-state index in [4.69, 9.17) is 9.72 Å². The molecule has 0 aliphatic carbocycles. The van der Waals surface area contributed by atoms with Crippen molar-refractivity contribution >= 4 is 16.7 Å². The van der Waals surface area contributed by atoms with Gasteiger partial charge < -0.3 is 9.64 Å².